The van der Waals surface area contributed by atoms with E-state index in [1.165, 1.54) is 39.0 Å². The van der Waals surface area contributed by atoms with Crippen LogP contribution in [0.15, 0.2) is 0 Å². The average molecular weight is 242 g/mol. The molecule has 17 heavy (non-hydrogen) atoms. The van der Waals surface area contributed by atoms with Crippen LogP contribution >= 0.6 is 0 Å². The number of nitrogens with zero attached hydrogens (tertiary/aromatic N) is 1. The Labute approximate surface area is 107 Å². The molecule has 1 atom stereocenters. The number of hydrogen-bond donors (Lipinski definition) is 2. The molecule has 1 rings (SSSR count). The largest absolute Gasteiger partial charge is 0.396 e. The van der Waals surface area contributed by atoms with Crippen molar-refractivity contribution in [1.82, 2.24) is 10.2 Å². The highest BCUT2D eigenvalue weighted by atomic mass is 16.2. The van der Waals surface area contributed by atoms with E-state index >= 15 is 0 Å². The number of hydrogen-bond acceptors (Lipinski definition) is 3. The van der Waals surface area contributed by atoms with Crippen molar-refractivity contribution in [1.29, 1.82) is 0 Å². The van der Waals surface area contributed by atoms with Crippen LogP contribution in [0.4, 0.5) is 0 Å². The maximum atomic E-state index is 8.79. The van der Waals surface area contributed by atoms with E-state index in [0.29, 0.717) is 6.61 Å². The number of unbranched alkanes of at least 4 members (excludes halogenated alkanes) is 1. The Hall–Kier alpha value is -0.120. The van der Waals surface area contributed by atoms with Crippen LogP contribution in [0.1, 0.15) is 39.5 Å². The molecule has 0 radical (unpaired) electrons. The van der Waals surface area contributed by atoms with Crippen LogP contribution < -0.4 is 5.32 Å². The molecule has 0 saturated carbocycles. The van der Waals surface area contributed by atoms with Gasteiger partial charge in [0.2, 0.25) is 0 Å². The molecule has 102 valence electrons. The number of nitrogens with one attached hydrogen (secondary N) is 1. The van der Waals surface area contributed by atoms with E-state index in [9.17, 15) is 0 Å². The molecule has 0 aliphatic carbocycles. The van der Waals surface area contributed by atoms with Gasteiger partial charge in [-0.05, 0) is 63.7 Å². The predicted molar refractivity (Wildman–Crippen MR) is 73.2 cm³/mol. The molecular weight excluding hydrogens is 212 g/mol. The van der Waals surface area contributed by atoms with Gasteiger partial charge in [0, 0.05) is 13.2 Å². The Kier molecular flexibility index (Phi) is 7.82. The van der Waals surface area contributed by atoms with E-state index < -0.39 is 0 Å². The van der Waals surface area contributed by atoms with Gasteiger partial charge in [-0.1, -0.05) is 13.8 Å². The minimum absolute atomic E-state index is 0.340. The van der Waals surface area contributed by atoms with Crippen molar-refractivity contribution in [3.8, 4) is 0 Å². The topological polar surface area (TPSA) is 35.5 Å². The minimum atomic E-state index is 0.340. The van der Waals surface area contributed by atoms with E-state index in [4.69, 9.17) is 5.11 Å². The fourth-order valence-electron chi connectivity index (χ4n) is 2.54. The van der Waals surface area contributed by atoms with E-state index in [1.54, 1.807) is 0 Å². The Morgan fingerprint density at radius 2 is 2.18 bits per heavy atom. The summed E-state index contributed by atoms with van der Waals surface area (Å²) in [7, 11) is 0. The first kappa shape index (κ1) is 14.9. The minimum Gasteiger partial charge on any atom is -0.396 e. The van der Waals surface area contributed by atoms with Crippen LogP contribution in [0.3, 0.4) is 0 Å². The van der Waals surface area contributed by atoms with E-state index in [-0.39, 0.29) is 0 Å². The Morgan fingerprint density at radius 1 is 1.35 bits per heavy atom. The fourth-order valence-corrected chi connectivity index (χ4v) is 2.54. The van der Waals surface area contributed by atoms with Crippen LogP contribution in [0.25, 0.3) is 0 Å². The van der Waals surface area contributed by atoms with Gasteiger partial charge in [-0.2, -0.15) is 0 Å². The second kappa shape index (κ2) is 8.90. The summed E-state index contributed by atoms with van der Waals surface area (Å²) in [6, 6.07) is 0. The highest BCUT2D eigenvalue weighted by molar-refractivity contribution is 4.74. The molecule has 0 spiro atoms. The molecule has 3 heteroatoms. The molecule has 0 aromatic heterocycles. The van der Waals surface area contributed by atoms with Gasteiger partial charge in [-0.15, -0.1) is 0 Å². The molecule has 1 aliphatic rings. The Morgan fingerprint density at radius 3 is 2.88 bits per heavy atom. The summed E-state index contributed by atoms with van der Waals surface area (Å²) in [5.41, 5.74) is 0. The SMILES string of the molecule is CC(C)CNCC1CCCN(CCCCO)C1. The summed E-state index contributed by atoms with van der Waals surface area (Å²) in [4.78, 5) is 2.57. The molecule has 0 aromatic carbocycles. The van der Waals surface area contributed by atoms with Gasteiger partial charge in [0.05, 0.1) is 0 Å². The van der Waals surface area contributed by atoms with Gasteiger partial charge in [0.1, 0.15) is 0 Å². The van der Waals surface area contributed by atoms with Gasteiger partial charge in [0.25, 0.3) is 0 Å². The lowest BCUT2D eigenvalue weighted by molar-refractivity contribution is 0.164. The highest BCUT2D eigenvalue weighted by Crippen LogP contribution is 2.16. The van der Waals surface area contributed by atoms with E-state index in [1.807, 2.05) is 0 Å². The number of aliphatic hydroxyl groups excluding tert-OH is 1. The van der Waals surface area contributed by atoms with E-state index in [2.05, 4.69) is 24.1 Å². The average Bonchev–Trinajstić information content (AvgIpc) is 2.29. The molecule has 0 aromatic rings. The lowest BCUT2D eigenvalue weighted by Crippen LogP contribution is -2.40. The second-order valence-corrected chi connectivity index (χ2v) is 5.79. The van der Waals surface area contributed by atoms with Crippen LogP contribution in [0.2, 0.25) is 0 Å². The molecule has 3 nitrogen and oxygen atoms in total. The summed E-state index contributed by atoms with van der Waals surface area (Å²) < 4.78 is 0. The highest BCUT2D eigenvalue weighted by Gasteiger charge is 2.18. The lowest BCUT2D eigenvalue weighted by Gasteiger charge is -2.33. The van der Waals surface area contributed by atoms with Crippen LogP contribution in [-0.2, 0) is 0 Å². The third kappa shape index (κ3) is 7.02. The third-order valence-electron chi connectivity index (χ3n) is 3.47. The van der Waals surface area contributed by atoms with Crippen molar-refractivity contribution in [2.24, 2.45) is 11.8 Å². The zero-order valence-corrected chi connectivity index (χ0v) is 11.6. The van der Waals surface area contributed by atoms with Crippen molar-refractivity contribution in [2.75, 3.05) is 39.3 Å². The van der Waals surface area contributed by atoms with Crippen LogP contribution in [0, 0.1) is 11.8 Å². The predicted octanol–water partition coefficient (Wildman–Crippen LogP) is 1.72. The van der Waals surface area contributed by atoms with Crippen molar-refractivity contribution in [2.45, 2.75) is 39.5 Å². The quantitative estimate of drug-likeness (QED) is 0.636. The Balaban J connectivity index is 2.10. The van der Waals surface area contributed by atoms with E-state index in [0.717, 1.165) is 31.2 Å². The molecule has 1 fully saturated rings. The zero-order chi connectivity index (χ0) is 12.5. The number of likely N-dealkylation sites (tertiary alicyclic amines) is 1. The molecule has 2 N–H and O–H groups in total. The molecule has 1 unspecified atom stereocenters. The van der Waals surface area contributed by atoms with Gasteiger partial charge < -0.3 is 15.3 Å². The molecule has 1 heterocycles. The summed E-state index contributed by atoms with van der Waals surface area (Å²) in [5, 5.41) is 12.4. The zero-order valence-electron chi connectivity index (χ0n) is 11.6. The van der Waals surface area contributed by atoms with Gasteiger partial charge >= 0.3 is 0 Å². The molecule has 0 amide bonds. The van der Waals surface area contributed by atoms with Gasteiger partial charge in [-0.3, -0.25) is 0 Å². The third-order valence-corrected chi connectivity index (χ3v) is 3.47. The molecule has 1 aliphatic heterocycles. The maximum absolute atomic E-state index is 8.79. The van der Waals surface area contributed by atoms with Gasteiger partial charge in [-0.25, -0.2) is 0 Å². The molecule has 0 bridgehead atoms. The maximum Gasteiger partial charge on any atom is 0.0431 e. The number of rotatable bonds is 8. The Bertz CT molecular complexity index is 185. The van der Waals surface area contributed by atoms with Crippen LogP contribution in [0.5, 0.6) is 0 Å². The van der Waals surface area contributed by atoms with Crippen LogP contribution in [-0.4, -0.2) is 49.3 Å². The molecule has 1 saturated heterocycles. The van der Waals surface area contributed by atoms with Crippen molar-refractivity contribution in [3.05, 3.63) is 0 Å². The van der Waals surface area contributed by atoms with Crippen molar-refractivity contribution in [3.63, 3.8) is 0 Å². The standard InChI is InChI=1S/C14H30N2O/c1-13(2)10-15-11-14-6-5-8-16(12-14)7-3-4-9-17/h13-15,17H,3-12H2,1-2H3. The lowest BCUT2D eigenvalue weighted by atomic mass is 9.97. The summed E-state index contributed by atoms with van der Waals surface area (Å²) in [6.45, 7) is 10.8. The summed E-state index contributed by atoms with van der Waals surface area (Å²) in [5.74, 6) is 1.58. The first-order valence-electron chi connectivity index (χ1n) is 7.26. The molecular formula is C14H30N2O. The fraction of sp³-hybridized carbons (Fsp3) is 1.00. The number of piperidine rings is 1. The normalized spacial score (nSPS) is 22.2. The smallest absolute Gasteiger partial charge is 0.0431 e. The summed E-state index contributed by atoms with van der Waals surface area (Å²) >= 11 is 0. The number of aliphatic hydroxyl groups is 1. The van der Waals surface area contributed by atoms with Crippen molar-refractivity contribution < 1.29 is 5.11 Å². The second-order valence-electron chi connectivity index (χ2n) is 5.79. The monoisotopic (exact) mass is 242 g/mol. The van der Waals surface area contributed by atoms with Crippen molar-refractivity contribution >= 4 is 0 Å². The summed E-state index contributed by atoms with van der Waals surface area (Å²) in [6.07, 6.45) is 4.81. The van der Waals surface area contributed by atoms with Gasteiger partial charge in [0.15, 0.2) is 0 Å². The first-order chi connectivity index (χ1) is 8.22. The first-order valence-corrected chi connectivity index (χ1v) is 7.26.